The maximum absolute atomic E-state index is 13.1. The highest BCUT2D eigenvalue weighted by atomic mass is 16.5. The summed E-state index contributed by atoms with van der Waals surface area (Å²) in [4.78, 5) is 37.6. The van der Waals surface area contributed by atoms with E-state index in [0.29, 0.717) is 5.92 Å². The van der Waals surface area contributed by atoms with Gasteiger partial charge in [0.2, 0.25) is 0 Å². The molecule has 0 bridgehead atoms. The lowest BCUT2D eigenvalue weighted by atomic mass is 9.88. The molecule has 1 heterocycles. The molecular weight excluding hydrogens is 388 g/mol. The molecule has 3 rings (SSSR count). The summed E-state index contributed by atoms with van der Waals surface area (Å²) in [6, 6.07) is 5.73. The number of carboxylic acids is 1. The number of carbonyl (C=O) groups is 3. The lowest BCUT2D eigenvalue weighted by Gasteiger charge is -2.42. The molecule has 1 aromatic carbocycles. The number of carbonyl (C=O) groups excluding carboxylic acids is 2. The van der Waals surface area contributed by atoms with E-state index in [0.717, 1.165) is 23.5 Å². The number of aliphatic hydroxyl groups excluding tert-OH is 1. The molecule has 0 aromatic heterocycles. The van der Waals surface area contributed by atoms with Crippen molar-refractivity contribution in [3.8, 4) is 5.75 Å². The Morgan fingerprint density at radius 1 is 1.30 bits per heavy atom. The second kappa shape index (κ2) is 8.38. The van der Waals surface area contributed by atoms with Gasteiger partial charge in [0, 0.05) is 18.5 Å². The highest BCUT2D eigenvalue weighted by molar-refractivity contribution is 6.19. The highest BCUT2D eigenvalue weighted by Gasteiger charge is 2.42. The van der Waals surface area contributed by atoms with Crippen molar-refractivity contribution in [3.05, 3.63) is 40.7 Å². The molecule has 0 spiro atoms. The first-order valence-corrected chi connectivity index (χ1v) is 10.0. The molecule has 1 aliphatic carbocycles. The van der Waals surface area contributed by atoms with Gasteiger partial charge >= 0.3 is 5.97 Å². The fraction of sp³-hybridized carbons (Fsp3) is 0.500. The van der Waals surface area contributed by atoms with Crippen LogP contribution in [0.2, 0.25) is 0 Å². The Balaban J connectivity index is 1.77. The predicted molar refractivity (Wildman–Crippen MR) is 109 cm³/mol. The summed E-state index contributed by atoms with van der Waals surface area (Å²) in [5.74, 6) is -1.60. The third-order valence-corrected chi connectivity index (χ3v) is 5.46. The number of carboxylic acid groups (broad SMARTS) is 1. The minimum absolute atomic E-state index is 0.0934. The van der Waals surface area contributed by atoms with E-state index in [1.807, 2.05) is 39.0 Å². The standard InChI is InChI=1S/C22H28N2O6/c1-13-8-15(6-7-17(13)30-12-14-4-5-14)11-24-21(29)19(16(25)9-22(24,2)3)20(28)23-10-18(26)27/h6-8,14,25H,4-5,9-12H2,1-3H3,(H,23,28)(H,26,27). The Labute approximate surface area is 175 Å². The van der Waals surface area contributed by atoms with Crippen LogP contribution in [0.5, 0.6) is 5.75 Å². The topological polar surface area (TPSA) is 116 Å². The van der Waals surface area contributed by atoms with E-state index in [2.05, 4.69) is 5.32 Å². The fourth-order valence-electron chi connectivity index (χ4n) is 3.53. The Kier molecular flexibility index (Phi) is 6.05. The second-order valence-electron chi connectivity index (χ2n) is 8.63. The number of aliphatic carboxylic acids is 1. The third-order valence-electron chi connectivity index (χ3n) is 5.46. The molecule has 1 fully saturated rings. The molecule has 2 aliphatic rings. The van der Waals surface area contributed by atoms with Crippen LogP contribution in [-0.2, 0) is 20.9 Å². The number of aliphatic hydroxyl groups is 1. The Morgan fingerprint density at radius 3 is 2.60 bits per heavy atom. The number of aryl methyl sites for hydroxylation is 1. The van der Waals surface area contributed by atoms with E-state index in [1.165, 1.54) is 17.7 Å². The molecule has 162 valence electrons. The van der Waals surface area contributed by atoms with Crippen molar-refractivity contribution in [1.29, 1.82) is 0 Å². The zero-order valence-corrected chi connectivity index (χ0v) is 17.5. The molecule has 0 radical (unpaired) electrons. The second-order valence-corrected chi connectivity index (χ2v) is 8.63. The molecule has 8 nitrogen and oxygen atoms in total. The molecule has 30 heavy (non-hydrogen) atoms. The maximum Gasteiger partial charge on any atom is 0.322 e. The SMILES string of the molecule is Cc1cc(CN2C(=O)C(C(=O)NCC(=O)O)=C(O)CC2(C)C)ccc1OCC1CC1. The lowest BCUT2D eigenvalue weighted by Crippen LogP contribution is -2.53. The lowest BCUT2D eigenvalue weighted by molar-refractivity contribution is -0.140. The fourth-order valence-corrected chi connectivity index (χ4v) is 3.53. The molecule has 2 amide bonds. The number of amides is 2. The van der Waals surface area contributed by atoms with Gasteiger partial charge in [0.1, 0.15) is 23.6 Å². The van der Waals surface area contributed by atoms with Crippen LogP contribution in [-0.4, -0.2) is 51.6 Å². The normalized spacial score (nSPS) is 18.4. The largest absolute Gasteiger partial charge is 0.511 e. The summed E-state index contributed by atoms with van der Waals surface area (Å²) in [6.45, 7) is 5.91. The minimum atomic E-state index is -1.23. The minimum Gasteiger partial charge on any atom is -0.511 e. The van der Waals surface area contributed by atoms with Crippen molar-refractivity contribution in [2.45, 2.75) is 52.1 Å². The number of nitrogens with zero attached hydrogens (tertiary/aromatic N) is 1. The van der Waals surface area contributed by atoms with Crippen LogP contribution in [0.4, 0.5) is 0 Å². The molecule has 3 N–H and O–H groups in total. The van der Waals surface area contributed by atoms with Crippen LogP contribution >= 0.6 is 0 Å². The van der Waals surface area contributed by atoms with Crippen LogP contribution in [0, 0.1) is 12.8 Å². The van der Waals surface area contributed by atoms with Crippen molar-refractivity contribution < 1.29 is 29.3 Å². The van der Waals surface area contributed by atoms with Gasteiger partial charge in [-0.2, -0.15) is 0 Å². The summed E-state index contributed by atoms with van der Waals surface area (Å²) < 4.78 is 5.85. The first-order chi connectivity index (χ1) is 14.1. The van der Waals surface area contributed by atoms with Gasteiger partial charge in [0.25, 0.3) is 11.8 Å². The molecule has 1 saturated carbocycles. The maximum atomic E-state index is 13.1. The van der Waals surface area contributed by atoms with Gasteiger partial charge in [-0.15, -0.1) is 0 Å². The van der Waals surface area contributed by atoms with Gasteiger partial charge in [0.15, 0.2) is 0 Å². The van der Waals surface area contributed by atoms with Gasteiger partial charge in [-0.05, 0) is 56.7 Å². The molecule has 8 heteroatoms. The average Bonchev–Trinajstić information content (AvgIpc) is 3.46. The molecular formula is C22H28N2O6. The van der Waals surface area contributed by atoms with Gasteiger partial charge in [0.05, 0.1) is 6.61 Å². The predicted octanol–water partition coefficient (Wildman–Crippen LogP) is 2.31. The van der Waals surface area contributed by atoms with E-state index in [1.54, 1.807) is 0 Å². The van der Waals surface area contributed by atoms with E-state index in [-0.39, 0.29) is 18.7 Å². The number of nitrogens with one attached hydrogen (secondary N) is 1. The number of hydrogen-bond acceptors (Lipinski definition) is 5. The smallest absolute Gasteiger partial charge is 0.322 e. The highest BCUT2D eigenvalue weighted by Crippen LogP contribution is 2.34. The summed E-state index contributed by atoms with van der Waals surface area (Å²) in [5, 5.41) is 21.2. The summed E-state index contributed by atoms with van der Waals surface area (Å²) in [5.41, 5.74) is 0.719. The van der Waals surface area contributed by atoms with E-state index < -0.39 is 35.4 Å². The van der Waals surface area contributed by atoms with E-state index in [4.69, 9.17) is 9.84 Å². The number of ether oxygens (including phenoxy) is 1. The van der Waals surface area contributed by atoms with Crippen molar-refractivity contribution in [1.82, 2.24) is 10.2 Å². The Bertz CT molecular complexity index is 901. The first kappa shape index (κ1) is 21.7. The Morgan fingerprint density at radius 2 is 2.00 bits per heavy atom. The first-order valence-electron chi connectivity index (χ1n) is 10.0. The van der Waals surface area contributed by atoms with Crippen molar-refractivity contribution in [2.75, 3.05) is 13.2 Å². The molecule has 0 saturated heterocycles. The van der Waals surface area contributed by atoms with Gasteiger partial charge in [-0.3, -0.25) is 14.4 Å². The van der Waals surface area contributed by atoms with Crippen molar-refractivity contribution in [3.63, 3.8) is 0 Å². The molecule has 1 aliphatic heterocycles. The van der Waals surface area contributed by atoms with Gasteiger partial charge in [-0.25, -0.2) is 0 Å². The Hall–Kier alpha value is -3.03. The molecule has 0 atom stereocenters. The van der Waals surface area contributed by atoms with Crippen molar-refractivity contribution in [2.24, 2.45) is 5.92 Å². The number of rotatable bonds is 8. The van der Waals surface area contributed by atoms with Crippen LogP contribution in [0.15, 0.2) is 29.5 Å². The average molecular weight is 416 g/mol. The number of benzene rings is 1. The van der Waals surface area contributed by atoms with Gasteiger partial charge in [-0.1, -0.05) is 12.1 Å². The van der Waals surface area contributed by atoms with E-state index >= 15 is 0 Å². The van der Waals surface area contributed by atoms with Crippen LogP contribution in [0.3, 0.4) is 0 Å². The zero-order valence-electron chi connectivity index (χ0n) is 17.5. The van der Waals surface area contributed by atoms with Crippen LogP contribution in [0.1, 0.15) is 44.2 Å². The van der Waals surface area contributed by atoms with Crippen molar-refractivity contribution >= 4 is 17.8 Å². The van der Waals surface area contributed by atoms with Crippen LogP contribution < -0.4 is 10.1 Å². The summed E-state index contributed by atoms with van der Waals surface area (Å²) >= 11 is 0. The van der Waals surface area contributed by atoms with E-state index in [9.17, 15) is 19.5 Å². The van der Waals surface area contributed by atoms with Gasteiger partial charge < -0.3 is 25.2 Å². The quantitative estimate of drug-likeness (QED) is 0.560. The zero-order chi connectivity index (χ0) is 22.1. The third kappa shape index (κ3) is 4.93. The molecule has 1 aromatic rings. The monoisotopic (exact) mass is 416 g/mol. The number of hydrogen-bond donors (Lipinski definition) is 3. The molecule has 0 unspecified atom stereocenters. The van der Waals surface area contributed by atoms with Crippen LogP contribution in [0.25, 0.3) is 0 Å². The summed E-state index contributed by atoms with van der Waals surface area (Å²) in [6.07, 6.45) is 2.52. The summed E-state index contributed by atoms with van der Waals surface area (Å²) in [7, 11) is 0.